The Morgan fingerprint density at radius 3 is 2.92 bits per heavy atom. The van der Waals surface area contributed by atoms with Crippen molar-refractivity contribution in [2.45, 2.75) is 31.0 Å². The number of aliphatic hydroxyl groups is 2. The number of benzene rings is 1. The molecule has 2 aromatic heterocycles. The second-order valence-corrected chi connectivity index (χ2v) is 8.69. The Morgan fingerprint density at radius 1 is 1.22 bits per heavy atom. The zero-order valence-electron chi connectivity index (χ0n) is 19.6. The van der Waals surface area contributed by atoms with Crippen LogP contribution >= 0.6 is 0 Å². The van der Waals surface area contributed by atoms with Gasteiger partial charge in [0.1, 0.15) is 30.2 Å². The first kappa shape index (κ1) is 24.0. The van der Waals surface area contributed by atoms with Crippen LogP contribution in [-0.2, 0) is 4.74 Å². The Bertz CT molecular complexity index is 1240. The lowest BCUT2D eigenvalue weighted by Gasteiger charge is -2.22. The standard InChI is InChI=1S/C22H28N8O6/c1-29(6-2-5-24-22(33)28-12-3-4-13-14(7-12)35-11-34-13)8-15-17(31)18(32)21(36-15)30-10-27-16-19(23)25-9-26-20(16)30/h3-4,7,9-10,15,17-18,21,31-32H,2,5-6,8,11H2,1H3,(H2,23,25,26)(H2,24,28,33). The van der Waals surface area contributed by atoms with Crippen molar-refractivity contribution in [3.05, 3.63) is 30.9 Å². The average molecular weight is 501 g/mol. The van der Waals surface area contributed by atoms with Crippen LogP contribution in [0.3, 0.4) is 0 Å². The Morgan fingerprint density at radius 2 is 2.06 bits per heavy atom. The molecule has 2 aliphatic heterocycles. The number of hydrogen-bond donors (Lipinski definition) is 5. The molecule has 0 saturated carbocycles. The van der Waals surface area contributed by atoms with E-state index >= 15 is 0 Å². The molecule has 2 aliphatic rings. The number of nitrogens with one attached hydrogen (secondary N) is 2. The summed E-state index contributed by atoms with van der Waals surface area (Å²) < 4.78 is 18.1. The van der Waals surface area contributed by atoms with Crippen molar-refractivity contribution in [2.75, 3.05) is 44.5 Å². The number of fused-ring (bicyclic) bond motifs is 2. The third-order valence-corrected chi connectivity index (χ3v) is 6.12. The van der Waals surface area contributed by atoms with Crippen molar-refractivity contribution in [3.63, 3.8) is 0 Å². The lowest BCUT2D eigenvalue weighted by atomic mass is 10.1. The van der Waals surface area contributed by atoms with E-state index in [4.69, 9.17) is 19.9 Å². The van der Waals surface area contributed by atoms with E-state index in [1.807, 2.05) is 11.9 Å². The van der Waals surface area contributed by atoms with Gasteiger partial charge in [-0.1, -0.05) is 0 Å². The molecule has 4 heterocycles. The smallest absolute Gasteiger partial charge is 0.319 e. The Labute approximate surface area is 206 Å². The van der Waals surface area contributed by atoms with Gasteiger partial charge >= 0.3 is 6.03 Å². The van der Waals surface area contributed by atoms with E-state index in [-0.39, 0.29) is 18.6 Å². The van der Waals surface area contributed by atoms with Crippen LogP contribution in [0.25, 0.3) is 11.2 Å². The molecule has 0 spiro atoms. The van der Waals surface area contributed by atoms with Crippen LogP contribution in [0.1, 0.15) is 12.6 Å². The number of aliphatic hydroxyl groups excluding tert-OH is 2. The molecule has 6 N–H and O–H groups in total. The first-order chi connectivity index (χ1) is 17.4. The van der Waals surface area contributed by atoms with E-state index in [1.54, 1.807) is 22.8 Å². The number of urea groups is 1. The van der Waals surface area contributed by atoms with Crippen molar-refractivity contribution in [1.29, 1.82) is 0 Å². The van der Waals surface area contributed by atoms with Gasteiger partial charge in [-0.25, -0.2) is 19.7 Å². The molecular weight excluding hydrogens is 472 g/mol. The van der Waals surface area contributed by atoms with Crippen molar-refractivity contribution < 1.29 is 29.2 Å². The summed E-state index contributed by atoms with van der Waals surface area (Å²) in [5.74, 6) is 1.47. The molecule has 0 bridgehead atoms. The number of anilines is 2. The molecular formula is C22H28N8O6. The van der Waals surface area contributed by atoms with Gasteiger partial charge in [-0.2, -0.15) is 0 Å². The van der Waals surface area contributed by atoms with Crippen LogP contribution in [0.15, 0.2) is 30.9 Å². The minimum atomic E-state index is -1.17. The fourth-order valence-electron chi connectivity index (χ4n) is 4.27. The van der Waals surface area contributed by atoms with Crippen molar-refractivity contribution >= 4 is 28.7 Å². The maximum atomic E-state index is 12.2. The lowest BCUT2D eigenvalue weighted by Crippen LogP contribution is -2.39. The van der Waals surface area contributed by atoms with Gasteiger partial charge in [0.2, 0.25) is 6.79 Å². The molecule has 36 heavy (non-hydrogen) atoms. The molecule has 1 fully saturated rings. The van der Waals surface area contributed by atoms with Crippen molar-refractivity contribution in [1.82, 2.24) is 29.7 Å². The normalized spacial score (nSPS) is 22.9. The highest BCUT2D eigenvalue weighted by Gasteiger charge is 2.44. The molecule has 1 aromatic carbocycles. The number of likely N-dealkylation sites (N-methyl/N-ethyl adjacent to an activating group) is 1. The minimum Gasteiger partial charge on any atom is -0.454 e. The highest BCUT2D eigenvalue weighted by atomic mass is 16.7. The fourth-order valence-corrected chi connectivity index (χ4v) is 4.27. The molecule has 4 unspecified atom stereocenters. The van der Waals surface area contributed by atoms with Crippen LogP contribution < -0.4 is 25.8 Å². The third-order valence-electron chi connectivity index (χ3n) is 6.12. The molecule has 192 valence electrons. The maximum Gasteiger partial charge on any atom is 0.319 e. The fraction of sp³-hybridized carbons (Fsp3) is 0.455. The zero-order valence-corrected chi connectivity index (χ0v) is 19.6. The second-order valence-electron chi connectivity index (χ2n) is 8.69. The predicted octanol–water partition coefficient (Wildman–Crippen LogP) is -0.1000. The van der Waals surface area contributed by atoms with Crippen LogP contribution in [0.5, 0.6) is 11.5 Å². The highest BCUT2D eigenvalue weighted by Crippen LogP contribution is 2.34. The molecule has 2 amide bonds. The number of nitrogen functional groups attached to an aromatic ring is 1. The van der Waals surface area contributed by atoms with Gasteiger partial charge in [0.05, 0.1) is 6.33 Å². The number of aromatic nitrogens is 4. The highest BCUT2D eigenvalue weighted by molar-refractivity contribution is 5.89. The second kappa shape index (κ2) is 10.1. The predicted molar refractivity (Wildman–Crippen MR) is 127 cm³/mol. The lowest BCUT2D eigenvalue weighted by molar-refractivity contribution is -0.0421. The number of carbonyl (C=O) groups is 1. The summed E-state index contributed by atoms with van der Waals surface area (Å²) in [4.78, 5) is 26.4. The Hall–Kier alpha value is -3.72. The number of ether oxygens (including phenoxy) is 3. The minimum absolute atomic E-state index is 0.172. The number of rotatable bonds is 8. The zero-order chi connectivity index (χ0) is 25.2. The number of nitrogens with zero attached hydrogens (tertiary/aromatic N) is 5. The number of amides is 2. The van der Waals surface area contributed by atoms with Gasteiger partial charge in [0.15, 0.2) is 29.2 Å². The first-order valence-electron chi connectivity index (χ1n) is 11.5. The molecule has 14 heteroatoms. The summed E-state index contributed by atoms with van der Waals surface area (Å²) in [7, 11) is 1.88. The first-order valence-corrected chi connectivity index (χ1v) is 11.5. The molecule has 14 nitrogen and oxygen atoms in total. The van der Waals surface area contributed by atoms with Gasteiger partial charge < -0.3 is 45.7 Å². The van der Waals surface area contributed by atoms with Gasteiger partial charge in [-0.3, -0.25) is 4.57 Å². The van der Waals surface area contributed by atoms with E-state index < -0.39 is 24.5 Å². The topological polar surface area (TPSA) is 182 Å². The van der Waals surface area contributed by atoms with Crippen LogP contribution in [0, 0.1) is 0 Å². The van der Waals surface area contributed by atoms with Crippen LogP contribution in [-0.4, -0.2) is 92.4 Å². The van der Waals surface area contributed by atoms with E-state index in [0.717, 1.165) is 0 Å². The van der Waals surface area contributed by atoms with E-state index in [0.29, 0.717) is 54.4 Å². The van der Waals surface area contributed by atoms with E-state index in [9.17, 15) is 15.0 Å². The van der Waals surface area contributed by atoms with Crippen molar-refractivity contribution in [2.24, 2.45) is 0 Å². The van der Waals surface area contributed by atoms with Crippen LogP contribution in [0.4, 0.5) is 16.3 Å². The molecule has 3 aromatic rings. The molecule has 1 saturated heterocycles. The summed E-state index contributed by atoms with van der Waals surface area (Å²) in [5, 5.41) is 26.7. The average Bonchev–Trinajstić information content (AvgIpc) is 3.56. The Balaban J connectivity index is 1.07. The summed E-state index contributed by atoms with van der Waals surface area (Å²) in [6.45, 7) is 1.63. The number of carbonyl (C=O) groups excluding carboxylic acids is 1. The van der Waals surface area contributed by atoms with Gasteiger partial charge in [-0.15, -0.1) is 0 Å². The largest absolute Gasteiger partial charge is 0.454 e. The number of nitrogens with two attached hydrogens (primary N) is 1. The van der Waals surface area contributed by atoms with E-state index in [1.165, 1.54) is 12.7 Å². The van der Waals surface area contributed by atoms with Gasteiger partial charge in [-0.05, 0) is 32.1 Å². The van der Waals surface area contributed by atoms with Gasteiger partial charge in [0, 0.05) is 24.8 Å². The number of imidazole rings is 1. The van der Waals surface area contributed by atoms with Crippen LogP contribution in [0.2, 0.25) is 0 Å². The monoisotopic (exact) mass is 500 g/mol. The quantitative estimate of drug-likeness (QED) is 0.260. The van der Waals surface area contributed by atoms with Crippen molar-refractivity contribution in [3.8, 4) is 11.5 Å². The SMILES string of the molecule is CN(CCCNC(=O)Nc1ccc2c(c1)OCO2)CC1OC(n2cnc3c(N)ncnc32)C(O)C1O. The molecule has 0 radical (unpaired) electrons. The summed E-state index contributed by atoms with van der Waals surface area (Å²) in [6, 6.07) is 4.86. The molecule has 4 atom stereocenters. The Kier molecular flexibility index (Phi) is 6.73. The summed E-state index contributed by atoms with van der Waals surface area (Å²) >= 11 is 0. The molecule has 0 aliphatic carbocycles. The summed E-state index contributed by atoms with van der Waals surface area (Å²) in [6.07, 6.45) is -0.320. The molecule has 5 rings (SSSR count). The van der Waals surface area contributed by atoms with E-state index in [2.05, 4.69) is 25.6 Å². The third kappa shape index (κ3) is 4.83. The number of hydrogen-bond acceptors (Lipinski definition) is 11. The maximum absolute atomic E-state index is 12.2. The van der Waals surface area contributed by atoms with Gasteiger partial charge in [0.25, 0.3) is 0 Å². The summed E-state index contributed by atoms with van der Waals surface area (Å²) in [5.41, 5.74) is 7.25.